The molecular weight excluding hydrogens is 326 g/mol. The summed E-state index contributed by atoms with van der Waals surface area (Å²) in [4.78, 5) is 13.8. The molecule has 0 atom stereocenters. The van der Waals surface area contributed by atoms with Crippen molar-refractivity contribution < 1.29 is 4.74 Å². The van der Waals surface area contributed by atoms with Gasteiger partial charge in [-0.3, -0.25) is 4.90 Å². The molecule has 6 nitrogen and oxygen atoms in total. The van der Waals surface area contributed by atoms with Gasteiger partial charge in [-0.2, -0.15) is 0 Å². The number of aromatic nitrogens is 2. The number of nitrogens with zero attached hydrogens (tertiary/aromatic N) is 4. The van der Waals surface area contributed by atoms with Gasteiger partial charge in [-0.25, -0.2) is 9.97 Å². The maximum Gasteiger partial charge on any atom is 0.132 e. The minimum atomic E-state index is 0.346. The summed E-state index contributed by atoms with van der Waals surface area (Å²) in [7, 11) is 1.71. The molecular formula is C20H27N5O. The average Bonchev–Trinajstić information content (AvgIpc) is 2.66. The zero-order valence-corrected chi connectivity index (χ0v) is 15.3. The van der Waals surface area contributed by atoms with E-state index in [4.69, 9.17) is 10.5 Å². The van der Waals surface area contributed by atoms with Gasteiger partial charge in [-0.1, -0.05) is 12.1 Å². The first-order chi connectivity index (χ1) is 12.7. The van der Waals surface area contributed by atoms with Gasteiger partial charge in [0.2, 0.25) is 0 Å². The standard InChI is InChI=1S/C20H27N5O/c1-26-18-4-2-3-15(9-18)13-24-5-7-25(8-6-24)20-12-19(22-14-23-20)16-10-17(21)11-16/h2-4,9,12,14,16-17H,5-8,10-11,13,21H2,1H3. The van der Waals surface area contributed by atoms with E-state index in [1.807, 2.05) is 6.07 Å². The SMILES string of the molecule is COc1cccc(CN2CCN(c3cc(C4CC(N)C4)ncn3)CC2)c1. The molecule has 0 unspecified atom stereocenters. The van der Waals surface area contributed by atoms with E-state index in [0.29, 0.717) is 12.0 Å². The predicted molar refractivity (Wildman–Crippen MR) is 102 cm³/mol. The fourth-order valence-corrected chi connectivity index (χ4v) is 3.83. The molecule has 2 heterocycles. The number of rotatable bonds is 5. The Balaban J connectivity index is 1.34. The second-order valence-electron chi connectivity index (χ2n) is 7.34. The van der Waals surface area contributed by atoms with Gasteiger partial charge in [0.15, 0.2) is 0 Å². The van der Waals surface area contributed by atoms with Gasteiger partial charge in [-0.05, 0) is 30.5 Å². The third-order valence-electron chi connectivity index (χ3n) is 5.50. The number of hydrogen-bond acceptors (Lipinski definition) is 6. The molecule has 4 rings (SSSR count). The van der Waals surface area contributed by atoms with E-state index in [0.717, 1.165) is 62.8 Å². The molecule has 1 saturated heterocycles. The van der Waals surface area contributed by atoms with Crippen LogP contribution in [0.3, 0.4) is 0 Å². The fourth-order valence-electron chi connectivity index (χ4n) is 3.83. The van der Waals surface area contributed by atoms with Gasteiger partial charge in [0, 0.05) is 56.4 Å². The molecule has 1 aliphatic heterocycles. The summed E-state index contributed by atoms with van der Waals surface area (Å²) < 4.78 is 5.32. The molecule has 1 aromatic carbocycles. The molecule has 1 aliphatic carbocycles. The molecule has 0 spiro atoms. The van der Waals surface area contributed by atoms with Crippen molar-refractivity contribution in [3.05, 3.63) is 47.9 Å². The van der Waals surface area contributed by atoms with Crippen LogP contribution in [0.4, 0.5) is 5.82 Å². The summed E-state index contributed by atoms with van der Waals surface area (Å²) in [5.74, 6) is 2.49. The number of methoxy groups -OCH3 is 1. The molecule has 0 radical (unpaired) electrons. The first-order valence-electron chi connectivity index (χ1n) is 9.39. The largest absolute Gasteiger partial charge is 0.497 e. The molecule has 138 valence electrons. The Morgan fingerprint density at radius 3 is 2.65 bits per heavy atom. The van der Waals surface area contributed by atoms with Gasteiger partial charge in [-0.15, -0.1) is 0 Å². The number of anilines is 1. The second-order valence-corrected chi connectivity index (χ2v) is 7.34. The van der Waals surface area contributed by atoms with E-state index >= 15 is 0 Å². The van der Waals surface area contributed by atoms with E-state index in [-0.39, 0.29) is 0 Å². The van der Waals surface area contributed by atoms with Crippen LogP contribution in [0, 0.1) is 0 Å². The Labute approximate surface area is 155 Å². The van der Waals surface area contributed by atoms with Crippen molar-refractivity contribution in [3.8, 4) is 5.75 Å². The van der Waals surface area contributed by atoms with Gasteiger partial charge >= 0.3 is 0 Å². The molecule has 2 aliphatic rings. The molecule has 0 amide bonds. The monoisotopic (exact) mass is 353 g/mol. The Morgan fingerprint density at radius 2 is 1.92 bits per heavy atom. The van der Waals surface area contributed by atoms with Crippen LogP contribution in [0.25, 0.3) is 0 Å². The lowest BCUT2D eigenvalue weighted by Gasteiger charge is -2.36. The first-order valence-corrected chi connectivity index (χ1v) is 9.39. The molecule has 2 N–H and O–H groups in total. The quantitative estimate of drug-likeness (QED) is 0.887. The van der Waals surface area contributed by atoms with Crippen molar-refractivity contribution in [1.29, 1.82) is 0 Å². The fraction of sp³-hybridized carbons (Fsp3) is 0.500. The van der Waals surface area contributed by atoms with Gasteiger partial charge in [0.25, 0.3) is 0 Å². The lowest BCUT2D eigenvalue weighted by Crippen LogP contribution is -2.46. The van der Waals surface area contributed by atoms with Crippen molar-refractivity contribution in [1.82, 2.24) is 14.9 Å². The molecule has 0 bridgehead atoms. The summed E-state index contributed by atoms with van der Waals surface area (Å²) in [6, 6.07) is 10.8. The highest BCUT2D eigenvalue weighted by molar-refractivity contribution is 5.41. The number of nitrogens with two attached hydrogens (primary N) is 1. The van der Waals surface area contributed by atoms with Crippen LogP contribution in [0.15, 0.2) is 36.7 Å². The molecule has 6 heteroatoms. The van der Waals surface area contributed by atoms with Crippen LogP contribution in [0.2, 0.25) is 0 Å². The summed E-state index contributed by atoms with van der Waals surface area (Å²) in [5, 5.41) is 0. The molecule has 2 fully saturated rings. The van der Waals surface area contributed by atoms with Crippen molar-refractivity contribution in [3.63, 3.8) is 0 Å². The van der Waals surface area contributed by atoms with E-state index in [2.05, 4.69) is 44.0 Å². The maximum atomic E-state index is 5.92. The smallest absolute Gasteiger partial charge is 0.132 e. The third-order valence-corrected chi connectivity index (χ3v) is 5.50. The first kappa shape index (κ1) is 17.2. The van der Waals surface area contributed by atoms with Gasteiger partial charge in [0.05, 0.1) is 7.11 Å². The van der Waals surface area contributed by atoms with Crippen LogP contribution < -0.4 is 15.4 Å². The molecule has 1 aromatic heterocycles. The van der Waals surface area contributed by atoms with E-state index < -0.39 is 0 Å². The lowest BCUT2D eigenvalue weighted by atomic mass is 9.78. The minimum absolute atomic E-state index is 0.346. The average molecular weight is 353 g/mol. The molecule has 1 saturated carbocycles. The Morgan fingerprint density at radius 1 is 1.12 bits per heavy atom. The Hall–Kier alpha value is -2.18. The van der Waals surface area contributed by atoms with Gasteiger partial charge in [0.1, 0.15) is 17.9 Å². The lowest BCUT2D eigenvalue weighted by molar-refractivity contribution is 0.249. The van der Waals surface area contributed by atoms with Crippen LogP contribution in [0.5, 0.6) is 5.75 Å². The summed E-state index contributed by atoms with van der Waals surface area (Å²) in [5.41, 5.74) is 8.36. The van der Waals surface area contributed by atoms with Crippen LogP contribution in [0.1, 0.15) is 30.0 Å². The third kappa shape index (κ3) is 3.81. The number of piperazine rings is 1. The highest BCUT2D eigenvalue weighted by Gasteiger charge is 2.29. The Bertz CT molecular complexity index is 738. The zero-order chi connectivity index (χ0) is 17.9. The van der Waals surface area contributed by atoms with Crippen molar-refractivity contribution >= 4 is 5.82 Å². The molecule has 2 aromatic rings. The topological polar surface area (TPSA) is 67.5 Å². The van der Waals surface area contributed by atoms with E-state index in [1.54, 1.807) is 13.4 Å². The second kappa shape index (κ2) is 7.60. The maximum absolute atomic E-state index is 5.92. The van der Waals surface area contributed by atoms with E-state index in [9.17, 15) is 0 Å². The highest BCUT2D eigenvalue weighted by Crippen LogP contribution is 2.35. The van der Waals surface area contributed by atoms with Crippen molar-refractivity contribution in [2.24, 2.45) is 5.73 Å². The normalized spacial score (nSPS) is 23.5. The highest BCUT2D eigenvalue weighted by atomic mass is 16.5. The Kier molecular flexibility index (Phi) is 5.04. The van der Waals surface area contributed by atoms with Gasteiger partial charge < -0.3 is 15.4 Å². The van der Waals surface area contributed by atoms with Crippen LogP contribution in [-0.4, -0.2) is 54.2 Å². The minimum Gasteiger partial charge on any atom is -0.497 e. The van der Waals surface area contributed by atoms with Crippen molar-refractivity contribution in [2.45, 2.75) is 31.3 Å². The zero-order valence-electron chi connectivity index (χ0n) is 15.3. The van der Waals surface area contributed by atoms with Crippen molar-refractivity contribution in [2.75, 3.05) is 38.2 Å². The summed E-state index contributed by atoms with van der Waals surface area (Å²) in [6.07, 6.45) is 3.80. The van der Waals surface area contributed by atoms with Crippen LogP contribution in [-0.2, 0) is 6.54 Å². The predicted octanol–water partition coefficient (Wildman–Crippen LogP) is 2.01. The number of benzene rings is 1. The van der Waals surface area contributed by atoms with E-state index in [1.165, 1.54) is 5.56 Å². The number of hydrogen-bond donors (Lipinski definition) is 1. The molecule has 26 heavy (non-hydrogen) atoms. The summed E-state index contributed by atoms with van der Waals surface area (Å²) >= 11 is 0. The van der Waals surface area contributed by atoms with Crippen LogP contribution >= 0.6 is 0 Å². The summed E-state index contributed by atoms with van der Waals surface area (Å²) in [6.45, 7) is 5.00. The number of ether oxygens (including phenoxy) is 1.